The molecule has 0 aliphatic carbocycles. The average Bonchev–Trinajstić information content (AvgIpc) is 2.78. The van der Waals surface area contributed by atoms with Gasteiger partial charge in [-0.1, -0.05) is 42.5 Å². The molecule has 2 aromatic carbocycles. The van der Waals surface area contributed by atoms with Crippen LogP contribution in [0.3, 0.4) is 0 Å². The summed E-state index contributed by atoms with van der Waals surface area (Å²) in [4.78, 5) is 0. The van der Waals surface area contributed by atoms with Gasteiger partial charge < -0.3 is 0 Å². The summed E-state index contributed by atoms with van der Waals surface area (Å²) < 4.78 is 1.77. The second-order valence-electron chi connectivity index (χ2n) is 4.82. The summed E-state index contributed by atoms with van der Waals surface area (Å²) in [5.41, 5.74) is 2.09. The van der Waals surface area contributed by atoms with Gasteiger partial charge >= 0.3 is 0 Å². The molecule has 3 rings (SSSR count). The van der Waals surface area contributed by atoms with Crippen molar-refractivity contribution < 1.29 is 0 Å². The van der Waals surface area contributed by atoms with Gasteiger partial charge in [0.2, 0.25) is 0 Å². The van der Waals surface area contributed by atoms with E-state index in [2.05, 4.69) is 45.6 Å². The largest absolute Gasteiger partial charge is 0.202 e. The van der Waals surface area contributed by atoms with E-state index in [9.17, 15) is 0 Å². The van der Waals surface area contributed by atoms with Gasteiger partial charge in [0.15, 0.2) is 11.6 Å². The number of aryl methyl sites for hydroxylation is 2. The van der Waals surface area contributed by atoms with Crippen molar-refractivity contribution in [1.29, 1.82) is 0 Å². The first-order chi connectivity index (χ1) is 9.66. The van der Waals surface area contributed by atoms with Crippen LogP contribution < -0.4 is 0 Å². The van der Waals surface area contributed by atoms with Crippen LogP contribution in [0.4, 0.5) is 0 Å². The predicted molar refractivity (Wildman–Crippen MR) is 81.1 cm³/mol. The number of rotatable bonds is 2. The van der Waals surface area contributed by atoms with Gasteiger partial charge in [-0.15, -0.1) is 10.2 Å². The van der Waals surface area contributed by atoms with Gasteiger partial charge in [-0.2, -0.15) is 5.10 Å². The number of nitrogens with zero attached hydrogens (tertiary/aromatic N) is 4. The normalized spacial score (nSPS) is 12.1. The van der Waals surface area contributed by atoms with Crippen LogP contribution in [0, 0.1) is 13.8 Å². The maximum atomic E-state index is 4.65. The van der Waals surface area contributed by atoms with Crippen molar-refractivity contribution in [3.05, 3.63) is 59.7 Å². The molecule has 0 unspecified atom stereocenters. The maximum Gasteiger partial charge on any atom is 0.151 e. The fourth-order valence-corrected chi connectivity index (χ4v) is 2.35. The van der Waals surface area contributed by atoms with Crippen LogP contribution in [-0.2, 0) is 0 Å². The van der Waals surface area contributed by atoms with Crippen LogP contribution >= 0.6 is 0 Å². The van der Waals surface area contributed by atoms with Crippen LogP contribution in [0.1, 0.15) is 24.1 Å². The molecule has 100 valence electrons. The molecule has 4 heteroatoms. The lowest BCUT2D eigenvalue weighted by molar-refractivity contribution is 0.793. The summed E-state index contributed by atoms with van der Waals surface area (Å²) >= 11 is 0. The summed E-state index contributed by atoms with van der Waals surface area (Å²) in [5.74, 6) is 1.59. The summed E-state index contributed by atoms with van der Waals surface area (Å²) in [6.07, 6.45) is 0. The number of hydrogen-bond acceptors (Lipinski definition) is 3. The number of benzene rings is 2. The maximum absolute atomic E-state index is 4.65. The fourth-order valence-electron chi connectivity index (χ4n) is 2.35. The first kappa shape index (κ1) is 12.5. The summed E-state index contributed by atoms with van der Waals surface area (Å²) in [5, 5.41) is 15.1. The third kappa shape index (κ3) is 2.09. The van der Waals surface area contributed by atoms with E-state index in [1.807, 2.05) is 32.9 Å². The summed E-state index contributed by atoms with van der Waals surface area (Å²) in [6.45, 7) is 5.82. The predicted octanol–water partition coefficient (Wildman–Crippen LogP) is 3.32. The molecule has 3 aromatic rings. The lowest BCUT2D eigenvalue weighted by Crippen LogP contribution is -2.03. The zero-order chi connectivity index (χ0) is 14.1. The number of hydrogen-bond donors (Lipinski definition) is 0. The Labute approximate surface area is 117 Å². The van der Waals surface area contributed by atoms with E-state index in [0.29, 0.717) is 0 Å². The first-order valence-electron chi connectivity index (χ1n) is 6.59. The Kier molecular flexibility index (Phi) is 3.06. The second kappa shape index (κ2) is 4.89. The average molecular weight is 264 g/mol. The molecule has 0 N–H and O–H groups in total. The molecule has 0 fully saturated rings. The summed E-state index contributed by atoms with van der Waals surface area (Å²) in [7, 11) is 0. The number of aromatic nitrogens is 3. The van der Waals surface area contributed by atoms with E-state index in [4.69, 9.17) is 0 Å². The lowest BCUT2D eigenvalue weighted by Gasteiger charge is -2.07. The third-order valence-electron chi connectivity index (χ3n) is 3.38. The highest BCUT2D eigenvalue weighted by atomic mass is 15.4. The highest BCUT2D eigenvalue weighted by molar-refractivity contribution is 6.09. The minimum absolute atomic E-state index is 0.794. The molecule has 20 heavy (non-hydrogen) atoms. The Bertz CT molecular complexity index is 774. The van der Waals surface area contributed by atoms with Crippen molar-refractivity contribution in [3.8, 4) is 0 Å². The Balaban J connectivity index is 2.16. The third-order valence-corrected chi connectivity index (χ3v) is 3.38. The minimum Gasteiger partial charge on any atom is -0.202 e. The zero-order valence-electron chi connectivity index (χ0n) is 11.8. The van der Waals surface area contributed by atoms with Crippen molar-refractivity contribution in [2.24, 2.45) is 5.10 Å². The molecule has 0 radical (unpaired) electrons. The van der Waals surface area contributed by atoms with Gasteiger partial charge in [0.1, 0.15) is 0 Å². The van der Waals surface area contributed by atoms with E-state index >= 15 is 0 Å². The van der Waals surface area contributed by atoms with Crippen molar-refractivity contribution in [3.63, 3.8) is 0 Å². The zero-order valence-corrected chi connectivity index (χ0v) is 11.8. The molecule has 0 bridgehead atoms. The topological polar surface area (TPSA) is 43.1 Å². The lowest BCUT2D eigenvalue weighted by atomic mass is 10.0. The molecule has 0 amide bonds. The van der Waals surface area contributed by atoms with Crippen LogP contribution in [0.25, 0.3) is 10.8 Å². The molecular weight excluding hydrogens is 248 g/mol. The van der Waals surface area contributed by atoms with Gasteiger partial charge in [0.05, 0.1) is 5.71 Å². The van der Waals surface area contributed by atoms with Crippen LogP contribution in [-0.4, -0.2) is 20.6 Å². The Hall–Kier alpha value is -2.49. The number of fused-ring (bicyclic) bond motifs is 1. The van der Waals surface area contributed by atoms with E-state index in [0.717, 1.165) is 22.9 Å². The standard InChI is InChI=1S/C16H16N4/c1-11(19-20-12(2)17-18-13(20)3)15-10-6-8-14-7-4-5-9-16(14)15/h4-10H,1-3H3/b19-11+. The Morgan fingerprint density at radius 3 is 2.35 bits per heavy atom. The highest BCUT2D eigenvalue weighted by Gasteiger charge is 2.07. The van der Waals surface area contributed by atoms with Crippen molar-refractivity contribution in [1.82, 2.24) is 14.9 Å². The van der Waals surface area contributed by atoms with Crippen molar-refractivity contribution in [2.75, 3.05) is 0 Å². The second-order valence-corrected chi connectivity index (χ2v) is 4.82. The van der Waals surface area contributed by atoms with Crippen molar-refractivity contribution >= 4 is 16.5 Å². The molecule has 0 aliphatic heterocycles. The molecule has 0 spiro atoms. The first-order valence-corrected chi connectivity index (χ1v) is 6.59. The van der Waals surface area contributed by atoms with Gasteiger partial charge in [-0.3, -0.25) is 0 Å². The van der Waals surface area contributed by atoms with Crippen LogP contribution in [0.2, 0.25) is 0 Å². The van der Waals surface area contributed by atoms with Gasteiger partial charge in [-0.25, -0.2) is 4.68 Å². The molecule has 1 heterocycles. The monoisotopic (exact) mass is 264 g/mol. The molecule has 1 aromatic heterocycles. The smallest absolute Gasteiger partial charge is 0.151 e. The van der Waals surface area contributed by atoms with E-state index in [-0.39, 0.29) is 0 Å². The molecule has 0 aliphatic rings. The van der Waals surface area contributed by atoms with E-state index in [1.165, 1.54) is 10.8 Å². The van der Waals surface area contributed by atoms with E-state index < -0.39 is 0 Å². The Morgan fingerprint density at radius 2 is 1.60 bits per heavy atom. The molecule has 0 saturated heterocycles. The molecular formula is C16H16N4. The molecule has 0 atom stereocenters. The van der Waals surface area contributed by atoms with Gasteiger partial charge in [0, 0.05) is 5.56 Å². The van der Waals surface area contributed by atoms with Gasteiger partial charge in [0.25, 0.3) is 0 Å². The van der Waals surface area contributed by atoms with Gasteiger partial charge in [-0.05, 0) is 31.5 Å². The fraction of sp³-hybridized carbons (Fsp3) is 0.188. The van der Waals surface area contributed by atoms with Crippen LogP contribution in [0.5, 0.6) is 0 Å². The highest BCUT2D eigenvalue weighted by Crippen LogP contribution is 2.19. The van der Waals surface area contributed by atoms with E-state index in [1.54, 1.807) is 4.68 Å². The summed E-state index contributed by atoms with van der Waals surface area (Å²) in [6, 6.07) is 14.6. The quantitative estimate of drug-likeness (QED) is 0.666. The van der Waals surface area contributed by atoms with Crippen LogP contribution in [0.15, 0.2) is 47.6 Å². The molecule has 4 nitrogen and oxygen atoms in total. The minimum atomic E-state index is 0.794. The Morgan fingerprint density at radius 1 is 0.950 bits per heavy atom. The van der Waals surface area contributed by atoms with Crippen molar-refractivity contribution in [2.45, 2.75) is 20.8 Å². The SMILES string of the molecule is C/C(=N\n1c(C)nnc1C)c1cccc2ccccc12. The molecule has 0 saturated carbocycles.